The van der Waals surface area contributed by atoms with Crippen LogP contribution in [0.4, 0.5) is 17.1 Å². The lowest BCUT2D eigenvalue weighted by Crippen LogP contribution is -2.12. The van der Waals surface area contributed by atoms with Crippen molar-refractivity contribution in [3.63, 3.8) is 0 Å². The number of carbonyl (C=O) groups is 1. The zero-order valence-corrected chi connectivity index (χ0v) is 12.9. The number of rotatable bonds is 5. The molecule has 0 aliphatic heterocycles. The van der Waals surface area contributed by atoms with E-state index in [0.29, 0.717) is 0 Å². The number of ether oxygens (including phenoxy) is 1. The molecule has 0 bridgehead atoms. The SMILES string of the molecule is COc1ccc(NC(=O)c2ccc(Cl)c([N+](=O)[O-])c2)cc1[N+](=O)[O-]. The predicted molar refractivity (Wildman–Crippen MR) is 85.7 cm³/mol. The van der Waals surface area contributed by atoms with Gasteiger partial charge in [-0.05, 0) is 24.3 Å². The molecule has 0 aliphatic rings. The molecular formula is C14H10ClN3O6. The first-order valence-corrected chi connectivity index (χ1v) is 6.79. The summed E-state index contributed by atoms with van der Waals surface area (Å²) in [4.78, 5) is 32.6. The Labute approximate surface area is 140 Å². The number of benzene rings is 2. The Morgan fingerprint density at radius 3 is 2.33 bits per heavy atom. The van der Waals surface area contributed by atoms with Gasteiger partial charge in [0.2, 0.25) is 0 Å². The summed E-state index contributed by atoms with van der Waals surface area (Å²) >= 11 is 5.68. The van der Waals surface area contributed by atoms with Crippen LogP contribution >= 0.6 is 11.6 Å². The quantitative estimate of drug-likeness (QED) is 0.650. The van der Waals surface area contributed by atoms with Crippen molar-refractivity contribution in [2.45, 2.75) is 0 Å². The zero-order chi connectivity index (χ0) is 17.9. The maximum absolute atomic E-state index is 12.2. The summed E-state index contributed by atoms with van der Waals surface area (Å²) in [6, 6.07) is 7.43. The fourth-order valence-electron chi connectivity index (χ4n) is 1.91. The Hall–Kier alpha value is -3.20. The lowest BCUT2D eigenvalue weighted by Gasteiger charge is -2.07. The van der Waals surface area contributed by atoms with Crippen molar-refractivity contribution in [2.75, 3.05) is 12.4 Å². The summed E-state index contributed by atoms with van der Waals surface area (Å²) in [5, 5.41) is 24.1. The fraction of sp³-hybridized carbons (Fsp3) is 0.0714. The average Bonchev–Trinajstić information content (AvgIpc) is 2.54. The lowest BCUT2D eigenvalue weighted by molar-refractivity contribution is -0.385. The Bertz CT molecular complexity index is 839. The first-order chi connectivity index (χ1) is 11.3. The highest BCUT2D eigenvalue weighted by atomic mass is 35.5. The number of nitro benzene ring substituents is 2. The van der Waals surface area contributed by atoms with Gasteiger partial charge in [0.25, 0.3) is 11.6 Å². The van der Waals surface area contributed by atoms with Gasteiger partial charge in [0, 0.05) is 23.4 Å². The van der Waals surface area contributed by atoms with Gasteiger partial charge in [-0.1, -0.05) is 11.6 Å². The van der Waals surface area contributed by atoms with E-state index in [1.54, 1.807) is 0 Å². The predicted octanol–water partition coefficient (Wildman–Crippen LogP) is 3.42. The minimum Gasteiger partial charge on any atom is -0.490 e. The van der Waals surface area contributed by atoms with Crippen LogP contribution in [0.2, 0.25) is 5.02 Å². The molecule has 0 heterocycles. The Morgan fingerprint density at radius 1 is 1.08 bits per heavy atom. The Morgan fingerprint density at radius 2 is 1.75 bits per heavy atom. The van der Waals surface area contributed by atoms with E-state index < -0.39 is 21.4 Å². The summed E-state index contributed by atoms with van der Waals surface area (Å²) in [5.41, 5.74) is -0.600. The van der Waals surface area contributed by atoms with Crippen molar-refractivity contribution >= 4 is 34.6 Å². The van der Waals surface area contributed by atoms with Gasteiger partial charge in [-0.15, -0.1) is 0 Å². The first kappa shape index (κ1) is 17.2. The van der Waals surface area contributed by atoms with Crippen LogP contribution in [0, 0.1) is 20.2 Å². The van der Waals surface area contributed by atoms with Crippen LogP contribution < -0.4 is 10.1 Å². The maximum Gasteiger partial charge on any atom is 0.312 e. The van der Waals surface area contributed by atoms with E-state index >= 15 is 0 Å². The molecule has 1 amide bonds. The highest BCUT2D eigenvalue weighted by molar-refractivity contribution is 6.32. The monoisotopic (exact) mass is 351 g/mol. The normalized spacial score (nSPS) is 10.1. The van der Waals surface area contributed by atoms with Gasteiger partial charge in [-0.2, -0.15) is 0 Å². The van der Waals surface area contributed by atoms with Crippen molar-refractivity contribution in [3.8, 4) is 5.75 Å². The van der Waals surface area contributed by atoms with Gasteiger partial charge in [0.15, 0.2) is 5.75 Å². The summed E-state index contributed by atoms with van der Waals surface area (Å²) in [6.45, 7) is 0. The topological polar surface area (TPSA) is 125 Å². The second-order valence-electron chi connectivity index (χ2n) is 4.52. The van der Waals surface area contributed by atoms with E-state index in [0.717, 1.165) is 12.1 Å². The Balaban J connectivity index is 2.30. The van der Waals surface area contributed by atoms with Crippen molar-refractivity contribution in [3.05, 3.63) is 67.2 Å². The van der Waals surface area contributed by atoms with Crippen molar-refractivity contribution < 1.29 is 19.4 Å². The third kappa shape index (κ3) is 3.58. The Kier molecular flexibility index (Phi) is 4.95. The number of amides is 1. The van der Waals surface area contributed by atoms with Gasteiger partial charge in [0.1, 0.15) is 5.02 Å². The minimum absolute atomic E-state index is 0.00966. The van der Waals surface area contributed by atoms with Gasteiger partial charge >= 0.3 is 5.69 Å². The molecule has 2 aromatic carbocycles. The van der Waals surface area contributed by atoms with E-state index in [-0.39, 0.29) is 27.7 Å². The van der Waals surface area contributed by atoms with Crippen LogP contribution in [0.25, 0.3) is 0 Å². The number of carbonyl (C=O) groups excluding carboxylic acids is 1. The summed E-state index contributed by atoms with van der Waals surface area (Å²) in [6.07, 6.45) is 0. The molecule has 2 aromatic rings. The molecule has 0 saturated heterocycles. The second kappa shape index (κ2) is 6.92. The average molecular weight is 352 g/mol. The number of nitrogens with zero attached hydrogens (tertiary/aromatic N) is 2. The number of methoxy groups -OCH3 is 1. The standard InChI is InChI=1S/C14H10ClN3O6/c1-24-13-5-3-9(7-12(13)18(22)23)16-14(19)8-2-4-10(15)11(6-8)17(20)21/h2-7H,1H3,(H,16,19). The molecule has 0 atom stereocenters. The second-order valence-corrected chi connectivity index (χ2v) is 4.93. The third-order valence-electron chi connectivity index (χ3n) is 3.04. The van der Waals surface area contributed by atoms with Crippen molar-refractivity contribution in [2.24, 2.45) is 0 Å². The number of hydrogen-bond donors (Lipinski definition) is 1. The number of halogens is 1. The molecule has 10 heteroatoms. The third-order valence-corrected chi connectivity index (χ3v) is 3.36. The number of nitrogens with one attached hydrogen (secondary N) is 1. The molecule has 0 radical (unpaired) electrons. The summed E-state index contributed by atoms with van der Waals surface area (Å²) < 4.78 is 4.86. The molecular weight excluding hydrogens is 342 g/mol. The smallest absolute Gasteiger partial charge is 0.312 e. The summed E-state index contributed by atoms with van der Waals surface area (Å²) in [7, 11) is 1.29. The lowest BCUT2D eigenvalue weighted by atomic mass is 10.1. The largest absolute Gasteiger partial charge is 0.490 e. The highest BCUT2D eigenvalue weighted by Gasteiger charge is 2.19. The van der Waals surface area contributed by atoms with Crippen LogP contribution in [-0.2, 0) is 0 Å². The zero-order valence-electron chi connectivity index (χ0n) is 12.2. The molecule has 124 valence electrons. The number of hydrogen-bond acceptors (Lipinski definition) is 6. The molecule has 9 nitrogen and oxygen atoms in total. The fourth-order valence-corrected chi connectivity index (χ4v) is 2.09. The van der Waals surface area contributed by atoms with Gasteiger partial charge < -0.3 is 10.1 Å². The van der Waals surface area contributed by atoms with Crippen LogP contribution in [0.3, 0.4) is 0 Å². The maximum atomic E-state index is 12.2. The number of nitro groups is 2. The minimum atomic E-state index is -0.711. The number of anilines is 1. The van der Waals surface area contributed by atoms with E-state index in [9.17, 15) is 25.0 Å². The van der Waals surface area contributed by atoms with Gasteiger partial charge in [-0.3, -0.25) is 25.0 Å². The molecule has 0 saturated carbocycles. The van der Waals surface area contributed by atoms with Crippen LogP contribution in [0.15, 0.2) is 36.4 Å². The summed E-state index contributed by atoms with van der Waals surface area (Å²) in [5.74, 6) is -0.630. The molecule has 0 spiro atoms. The van der Waals surface area contributed by atoms with Crippen LogP contribution in [0.1, 0.15) is 10.4 Å². The van der Waals surface area contributed by atoms with E-state index in [4.69, 9.17) is 16.3 Å². The highest BCUT2D eigenvalue weighted by Crippen LogP contribution is 2.30. The molecule has 1 N–H and O–H groups in total. The first-order valence-electron chi connectivity index (χ1n) is 6.41. The van der Waals surface area contributed by atoms with Gasteiger partial charge in [0.05, 0.1) is 17.0 Å². The molecule has 0 unspecified atom stereocenters. The van der Waals surface area contributed by atoms with Crippen LogP contribution in [-0.4, -0.2) is 22.9 Å². The molecule has 0 aliphatic carbocycles. The van der Waals surface area contributed by atoms with Crippen LogP contribution in [0.5, 0.6) is 5.75 Å². The molecule has 24 heavy (non-hydrogen) atoms. The van der Waals surface area contributed by atoms with E-state index in [2.05, 4.69) is 5.32 Å². The van der Waals surface area contributed by atoms with Crippen molar-refractivity contribution in [1.29, 1.82) is 0 Å². The van der Waals surface area contributed by atoms with E-state index in [1.165, 1.54) is 31.4 Å². The molecule has 0 fully saturated rings. The van der Waals surface area contributed by atoms with Gasteiger partial charge in [-0.25, -0.2) is 0 Å². The van der Waals surface area contributed by atoms with Crippen molar-refractivity contribution in [1.82, 2.24) is 0 Å². The van der Waals surface area contributed by atoms with E-state index in [1.807, 2.05) is 0 Å². The molecule has 2 rings (SSSR count). The molecule has 0 aromatic heterocycles.